The topological polar surface area (TPSA) is 46.3 Å². The van der Waals surface area contributed by atoms with Crippen LogP contribution in [0.3, 0.4) is 0 Å². The maximum atomic E-state index is 12.2. The first-order chi connectivity index (χ1) is 8.23. The number of nitrogens with zero attached hydrogens (tertiary/aromatic N) is 1. The first-order valence-electron chi connectivity index (χ1n) is 5.97. The molecule has 0 aliphatic heterocycles. The molecule has 100 valence electrons. The average molecular weight is 269 g/mol. The first-order valence-corrected chi connectivity index (χ1v) is 6.35. The molecular weight excluding hydrogens is 248 g/mol. The van der Waals surface area contributed by atoms with Gasteiger partial charge in [-0.1, -0.05) is 50.6 Å². The van der Waals surface area contributed by atoms with Gasteiger partial charge in [0.15, 0.2) is 0 Å². The molecule has 0 aliphatic rings. The lowest BCUT2D eigenvalue weighted by atomic mass is 9.86. The highest BCUT2D eigenvalue weighted by atomic mass is 35.5. The summed E-state index contributed by atoms with van der Waals surface area (Å²) in [5.74, 6) is -0.0672. The predicted octanol–water partition coefficient (Wildman–Crippen LogP) is 2.67. The summed E-state index contributed by atoms with van der Waals surface area (Å²) in [5, 5.41) is 0.668. The Bertz CT molecular complexity index is 426. The molecule has 0 fully saturated rings. The maximum absolute atomic E-state index is 12.2. The summed E-state index contributed by atoms with van der Waals surface area (Å²) < 4.78 is 0. The van der Waals surface area contributed by atoms with E-state index in [1.54, 1.807) is 11.9 Å². The Morgan fingerprint density at radius 1 is 1.39 bits per heavy atom. The number of likely N-dealkylation sites (N-methyl/N-ethyl adjacent to an activating group) is 1. The van der Waals surface area contributed by atoms with Crippen molar-refractivity contribution in [3.63, 3.8) is 0 Å². The molecule has 1 rings (SSSR count). The minimum absolute atomic E-state index is 0.0672. The molecule has 0 spiro atoms. The van der Waals surface area contributed by atoms with Crippen LogP contribution in [0, 0.1) is 5.41 Å². The molecule has 0 aliphatic carbocycles. The summed E-state index contributed by atoms with van der Waals surface area (Å²) >= 11 is 6.07. The van der Waals surface area contributed by atoms with Crippen molar-refractivity contribution in [2.45, 2.75) is 33.4 Å². The number of halogens is 1. The predicted molar refractivity (Wildman–Crippen MR) is 75.4 cm³/mol. The normalized spacial score (nSPS) is 13.2. The third-order valence-corrected chi connectivity index (χ3v) is 3.31. The number of hydrogen-bond donors (Lipinski definition) is 1. The van der Waals surface area contributed by atoms with Crippen LogP contribution in [0.1, 0.15) is 26.3 Å². The van der Waals surface area contributed by atoms with Crippen LogP contribution >= 0.6 is 11.6 Å². The van der Waals surface area contributed by atoms with Gasteiger partial charge >= 0.3 is 0 Å². The van der Waals surface area contributed by atoms with E-state index in [1.165, 1.54) is 0 Å². The van der Waals surface area contributed by atoms with Crippen LogP contribution in [0.5, 0.6) is 0 Å². The summed E-state index contributed by atoms with van der Waals surface area (Å²) in [6, 6.07) is 7.00. The van der Waals surface area contributed by atoms with Crippen LogP contribution in [0.4, 0.5) is 0 Å². The van der Waals surface area contributed by atoms with Crippen LogP contribution in [-0.2, 0) is 11.3 Å². The zero-order valence-electron chi connectivity index (χ0n) is 11.4. The molecule has 0 aromatic heterocycles. The summed E-state index contributed by atoms with van der Waals surface area (Å²) in [4.78, 5) is 13.8. The van der Waals surface area contributed by atoms with Crippen LogP contribution in [0.2, 0.25) is 5.02 Å². The van der Waals surface area contributed by atoms with E-state index in [0.717, 1.165) is 5.56 Å². The standard InChI is InChI=1S/C14H21ClN2O/c1-14(2,3)12(16)13(18)17(4)9-10-7-5-6-8-11(10)15/h5-8,12H,9,16H2,1-4H3. The van der Waals surface area contributed by atoms with Crippen LogP contribution in [0.15, 0.2) is 24.3 Å². The van der Waals surface area contributed by atoms with Gasteiger partial charge in [-0.2, -0.15) is 0 Å². The van der Waals surface area contributed by atoms with E-state index in [0.29, 0.717) is 11.6 Å². The second kappa shape index (κ2) is 5.72. The van der Waals surface area contributed by atoms with Gasteiger partial charge in [-0.15, -0.1) is 0 Å². The summed E-state index contributed by atoms with van der Waals surface area (Å²) in [6.07, 6.45) is 0. The number of benzene rings is 1. The second-order valence-corrected chi connectivity index (χ2v) is 6.04. The maximum Gasteiger partial charge on any atom is 0.240 e. The van der Waals surface area contributed by atoms with E-state index in [2.05, 4.69) is 0 Å². The third-order valence-electron chi connectivity index (χ3n) is 2.94. The monoisotopic (exact) mass is 268 g/mol. The number of carbonyl (C=O) groups is 1. The number of amides is 1. The molecule has 3 nitrogen and oxygen atoms in total. The van der Waals surface area contributed by atoms with Gasteiger partial charge in [0.25, 0.3) is 0 Å². The summed E-state index contributed by atoms with van der Waals surface area (Å²) in [5.41, 5.74) is 6.65. The van der Waals surface area contributed by atoms with Crippen molar-refractivity contribution in [3.8, 4) is 0 Å². The molecule has 1 aromatic rings. The van der Waals surface area contributed by atoms with Crippen molar-refractivity contribution in [2.75, 3.05) is 7.05 Å². The summed E-state index contributed by atoms with van der Waals surface area (Å²) in [7, 11) is 1.75. The van der Waals surface area contributed by atoms with Crippen LogP contribution < -0.4 is 5.73 Å². The highest BCUT2D eigenvalue weighted by Crippen LogP contribution is 2.21. The molecule has 0 heterocycles. The fourth-order valence-electron chi connectivity index (χ4n) is 1.57. The Morgan fingerprint density at radius 2 is 1.94 bits per heavy atom. The quantitative estimate of drug-likeness (QED) is 0.916. The van der Waals surface area contributed by atoms with Crippen molar-refractivity contribution in [2.24, 2.45) is 11.1 Å². The fraction of sp³-hybridized carbons (Fsp3) is 0.500. The van der Waals surface area contributed by atoms with Gasteiger partial charge in [-0.3, -0.25) is 4.79 Å². The molecule has 2 N–H and O–H groups in total. The van der Waals surface area contributed by atoms with E-state index in [9.17, 15) is 4.79 Å². The highest BCUT2D eigenvalue weighted by molar-refractivity contribution is 6.31. The van der Waals surface area contributed by atoms with Gasteiger partial charge in [0.2, 0.25) is 5.91 Å². The fourth-order valence-corrected chi connectivity index (χ4v) is 1.76. The Hall–Kier alpha value is -1.06. The Morgan fingerprint density at radius 3 is 2.44 bits per heavy atom. The van der Waals surface area contributed by atoms with Gasteiger partial charge in [0.05, 0.1) is 6.04 Å². The molecule has 0 saturated carbocycles. The van der Waals surface area contributed by atoms with Gasteiger partial charge < -0.3 is 10.6 Å². The average Bonchev–Trinajstić information content (AvgIpc) is 2.29. The van der Waals surface area contributed by atoms with Gasteiger partial charge in [-0.25, -0.2) is 0 Å². The van der Waals surface area contributed by atoms with Crippen molar-refractivity contribution < 1.29 is 4.79 Å². The molecule has 0 radical (unpaired) electrons. The second-order valence-electron chi connectivity index (χ2n) is 5.63. The van der Waals surface area contributed by atoms with Gasteiger partial charge in [0, 0.05) is 18.6 Å². The van der Waals surface area contributed by atoms with Gasteiger partial charge in [0.1, 0.15) is 0 Å². The largest absolute Gasteiger partial charge is 0.340 e. The highest BCUT2D eigenvalue weighted by Gasteiger charge is 2.29. The molecule has 0 saturated heterocycles. The minimum Gasteiger partial charge on any atom is -0.340 e. The molecule has 0 bridgehead atoms. The molecule has 1 unspecified atom stereocenters. The Balaban J connectivity index is 2.75. The van der Waals surface area contributed by atoms with Crippen molar-refractivity contribution in [1.82, 2.24) is 4.90 Å². The van der Waals surface area contributed by atoms with Crippen molar-refractivity contribution >= 4 is 17.5 Å². The third kappa shape index (κ3) is 3.72. The molecule has 18 heavy (non-hydrogen) atoms. The molecule has 4 heteroatoms. The number of carbonyl (C=O) groups excluding carboxylic acids is 1. The van der Waals surface area contributed by atoms with Crippen molar-refractivity contribution in [1.29, 1.82) is 0 Å². The van der Waals surface area contributed by atoms with Crippen LogP contribution in [0.25, 0.3) is 0 Å². The number of nitrogens with two attached hydrogens (primary N) is 1. The van der Waals surface area contributed by atoms with Gasteiger partial charge in [-0.05, 0) is 17.0 Å². The first kappa shape index (κ1) is 15.0. The molecule has 1 aromatic carbocycles. The van der Waals surface area contributed by atoms with E-state index in [4.69, 9.17) is 17.3 Å². The minimum atomic E-state index is -0.509. The SMILES string of the molecule is CN(Cc1ccccc1Cl)C(=O)C(N)C(C)(C)C. The lowest BCUT2D eigenvalue weighted by Crippen LogP contribution is -2.48. The number of hydrogen-bond acceptors (Lipinski definition) is 2. The molecule has 1 amide bonds. The Kier molecular flexibility index (Phi) is 4.77. The van der Waals surface area contributed by atoms with Crippen molar-refractivity contribution in [3.05, 3.63) is 34.9 Å². The zero-order chi connectivity index (χ0) is 13.9. The smallest absolute Gasteiger partial charge is 0.240 e. The van der Waals surface area contributed by atoms with E-state index in [1.807, 2.05) is 45.0 Å². The van der Waals surface area contributed by atoms with E-state index >= 15 is 0 Å². The zero-order valence-corrected chi connectivity index (χ0v) is 12.2. The summed E-state index contributed by atoms with van der Waals surface area (Å²) in [6.45, 7) is 6.35. The number of rotatable bonds is 3. The molecule has 1 atom stereocenters. The van der Waals surface area contributed by atoms with E-state index in [-0.39, 0.29) is 11.3 Å². The van der Waals surface area contributed by atoms with Crippen LogP contribution in [-0.4, -0.2) is 23.9 Å². The van der Waals surface area contributed by atoms with E-state index < -0.39 is 6.04 Å². The molecular formula is C14H21ClN2O. The Labute approximate surface area is 114 Å². The lowest BCUT2D eigenvalue weighted by Gasteiger charge is -2.30. The lowest BCUT2D eigenvalue weighted by molar-refractivity contribution is -0.134.